The van der Waals surface area contributed by atoms with Gasteiger partial charge in [0, 0.05) is 21.6 Å². The number of halogens is 2. The predicted octanol–water partition coefficient (Wildman–Crippen LogP) is 2.68. The fourth-order valence-corrected chi connectivity index (χ4v) is 2.33. The van der Waals surface area contributed by atoms with Gasteiger partial charge in [-0.05, 0) is 42.0 Å². The maximum absolute atomic E-state index is 11.9. The van der Waals surface area contributed by atoms with Gasteiger partial charge in [0.25, 0.3) is 5.91 Å². The highest BCUT2D eigenvalue weighted by atomic mass is 79.9. The second kappa shape index (κ2) is 8.82. The number of benzene rings is 2. The van der Waals surface area contributed by atoms with Crippen molar-refractivity contribution in [2.24, 2.45) is 0 Å². The molecular weight excluding hydrogens is 396 g/mol. The molecule has 2 amide bonds. The van der Waals surface area contributed by atoms with Crippen molar-refractivity contribution in [2.45, 2.75) is 6.10 Å². The smallest absolute Gasteiger partial charge is 0.251 e. The van der Waals surface area contributed by atoms with Crippen LogP contribution < -0.4 is 10.6 Å². The molecule has 0 aliphatic heterocycles. The van der Waals surface area contributed by atoms with E-state index in [1.807, 2.05) is 0 Å². The Morgan fingerprint density at radius 3 is 2.29 bits per heavy atom. The van der Waals surface area contributed by atoms with Gasteiger partial charge >= 0.3 is 0 Å². The first-order chi connectivity index (χ1) is 11.5. The average Bonchev–Trinajstić information content (AvgIpc) is 2.58. The first-order valence-corrected chi connectivity index (χ1v) is 8.37. The molecule has 0 radical (unpaired) electrons. The summed E-state index contributed by atoms with van der Waals surface area (Å²) in [5, 5.41) is 15.7. The average molecular weight is 412 g/mol. The molecule has 126 valence electrons. The van der Waals surface area contributed by atoms with E-state index in [0.29, 0.717) is 16.1 Å². The Labute approximate surface area is 153 Å². The van der Waals surface area contributed by atoms with Crippen molar-refractivity contribution in [3.05, 3.63) is 69.2 Å². The summed E-state index contributed by atoms with van der Waals surface area (Å²) in [4.78, 5) is 23.6. The van der Waals surface area contributed by atoms with E-state index in [-0.39, 0.29) is 24.9 Å². The van der Waals surface area contributed by atoms with Crippen LogP contribution in [0.15, 0.2) is 53.0 Å². The number of carbonyl (C=O) groups is 2. The molecule has 0 fully saturated rings. The van der Waals surface area contributed by atoms with Gasteiger partial charge < -0.3 is 15.7 Å². The van der Waals surface area contributed by atoms with Crippen LogP contribution in [0.3, 0.4) is 0 Å². The largest absolute Gasteiger partial charge is 0.387 e. The van der Waals surface area contributed by atoms with E-state index < -0.39 is 6.10 Å². The number of aliphatic hydroxyl groups excluding tert-OH is 1. The van der Waals surface area contributed by atoms with Crippen molar-refractivity contribution < 1.29 is 14.7 Å². The van der Waals surface area contributed by atoms with Crippen molar-refractivity contribution in [1.29, 1.82) is 0 Å². The number of hydrogen-bond acceptors (Lipinski definition) is 3. The third-order valence-electron chi connectivity index (χ3n) is 3.26. The summed E-state index contributed by atoms with van der Waals surface area (Å²) >= 11 is 9.07. The zero-order valence-corrected chi connectivity index (χ0v) is 15.0. The van der Waals surface area contributed by atoms with E-state index in [1.54, 1.807) is 48.5 Å². The van der Waals surface area contributed by atoms with Gasteiger partial charge in [0.1, 0.15) is 0 Å². The third-order valence-corrected chi connectivity index (χ3v) is 4.04. The van der Waals surface area contributed by atoms with Crippen LogP contribution in [-0.2, 0) is 4.79 Å². The lowest BCUT2D eigenvalue weighted by molar-refractivity contribution is -0.120. The fourth-order valence-electron chi connectivity index (χ4n) is 1.94. The molecule has 0 bridgehead atoms. The molecule has 7 heteroatoms. The van der Waals surface area contributed by atoms with Gasteiger partial charge in [-0.25, -0.2) is 0 Å². The lowest BCUT2D eigenvalue weighted by atomic mass is 10.1. The summed E-state index contributed by atoms with van der Waals surface area (Å²) in [6.45, 7) is -0.114. The van der Waals surface area contributed by atoms with E-state index in [9.17, 15) is 14.7 Å². The Balaban J connectivity index is 1.75. The van der Waals surface area contributed by atoms with E-state index >= 15 is 0 Å². The fraction of sp³-hybridized carbons (Fsp3) is 0.176. The molecule has 24 heavy (non-hydrogen) atoms. The molecule has 0 spiro atoms. The van der Waals surface area contributed by atoms with Gasteiger partial charge in [-0.2, -0.15) is 0 Å². The van der Waals surface area contributed by atoms with E-state index in [1.165, 1.54) is 0 Å². The Hall–Kier alpha value is -1.89. The summed E-state index contributed by atoms with van der Waals surface area (Å²) < 4.78 is 0.869. The Kier molecular flexibility index (Phi) is 6.78. The second-order valence-corrected chi connectivity index (χ2v) is 6.41. The number of nitrogens with one attached hydrogen (secondary N) is 2. The second-order valence-electron chi connectivity index (χ2n) is 5.06. The van der Waals surface area contributed by atoms with Crippen molar-refractivity contribution in [1.82, 2.24) is 10.6 Å². The molecule has 0 saturated heterocycles. The number of hydrogen-bond donors (Lipinski definition) is 3. The summed E-state index contributed by atoms with van der Waals surface area (Å²) in [7, 11) is 0. The van der Waals surface area contributed by atoms with Gasteiger partial charge in [-0.3, -0.25) is 9.59 Å². The highest BCUT2D eigenvalue weighted by molar-refractivity contribution is 9.10. The van der Waals surface area contributed by atoms with Crippen molar-refractivity contribution in [2.75, 3.05) is 13.1 Å². The number of aliphatic hydroxyl groups is 1. The van der Waals surface area contributed by atoms with E-state index in [2.05, 4.69) is 26.6 Å². The molecular formula is C17H16BrClN2O3. The molecule has 2 aromatic carbocycles. The van der Waals surface area contributed by atoms with Gasteiger partial charge in [-0.1, -0.05) is 39.7 Å². The monoisotopic (exact) mass is 410 g/mol. The number of carbonyl (C=O) groups excluding carboxylic acids is 2. The molecule has 1 unspecified atom stereocenters. The molecule has 0 heterocycles. The first kappa shape index (κ1) is 18.4. The van der Waals surface area contributed by atoms with Crippen LogP contribution in [0, 0.1) is 0 Å². The Morgan fingerprint density at radius 2 is 1.67 bits per heavy atom. The maximum atomic E-state index is 11.9. The third kappa shape index (κ3) is 5.63. The molecule has 5 nitrogen and oxygen atoms in total. The standard InChI is InChI=1S/C17H16BrClN2O3/c18-13-5-1-12(2-6-13)17(24)21-10-16(23)20-9-15(22)11-3-7-14(19)8-4-11/h1-8,15,22H,9-10H2,(H,20,23)(H,21,24). The Morgan fingerprint density at radius 1 is 1.04 bits per heavy atom. The van der Waals surface area contributed by atoms with Crippen LogP contribution in [0.4, 0.5) is 0 Å². The normalized spacial score (nSPS) is 11.6. The van der Waals surface area contributed by atoms with Gasteiger partial charge in [0.15, 0.2) is 0 Å². The molecule has 0 saturated carbocycles. The van der Waals surface area contributed by atoms with Crippen LogP contribution in [0.25, 0.3) is 0 Å². The van der Waals surface area contributed by atoms with E-state index in [0.717, 1.165) is 4.47 Å². The molecule has 0 aliphatic carbocycles. The van der Waals surface area contributed by atoms with Crippen LogP contribution in [-0.4, -0.2) is 30.0 Å². The zero-order valence-electron chi connectivity index (χ0n) is 12.6. The number of amides is 2. The molecule has 2 aromatic rings. The quantitative estimate of drug-likeness (QED) is 0.684. The highest BCUT2D eigenvalue weighted by Crippen LogP contribution is 2.15. The lowest BCUT2D eigenvalue weighted by Gasteiger charge is -2.12. The van der Waals surface area contributed by atoms with Gasteiger partial charge in [-0.15, -0.1) is 0 Å². The van der Waals surface area contributed by atoms with Crippen molar-refractivity contribution in [3.63, 3.8) is 0 Å². The van der Waals surface area contributed by atoms with Crippen LogP contribution in [0.1, 0.15) is 22.0 Å². The SMILES string of the molecule is O=C(CNC(=O)c1ccc(Br)cc1)NCC(O)c1ccc(Cl)cc1. The zero-order chi connectivity index (χ0) is 17.5. The first-order valence-electron chi connectivity index (χ1n) is 7.19. The van der Waals surface area contributed by atoms with E-state index in [4.69, 9.17) is 11.6 Å². The molecule has 1 atom stereocenters. The minimum atomic E-state index is -0.839. The minimum Gasteiger partial charge on any atom is -0.387 e. The topological polar surface area (TPSA) is 78.4 Å². The van der Waals surface area contributed by atoms with Crippen LogP contribution in [0.5, 0.6) is 0 Å². The summed E-state index contributed by atoms with van der Waals surface area (Å²) in [5.41, 5.74) is 1.12. The summed E-state index contributed by atoms with van der Waals surface area (Å²) in [6.07, 6.45) is -0.839. The Bertz CT molecular complexity index is 705. The molecule has 0 aliphatic rings. The van der Waals surface area contributed by atoms with Crippen molar-refractivity contribution in [3.8, 4) is 0 Å². The minimum absolute atomic E-state index is 0.0502. The number of rotatable bonds is 6. The highest BCUT2D eigenvalue weighted by Gasteiger charge is 2.11. The van der Waals surface area contributed by atoms with Crippen molar-refractivity contribution >= 4 is 39.3 Å². The van der Waals surface area contributed by atoms with Crippen LogP contribution >= 0.6 is 27.5 Å². The maximum Gasteiger partial charge on any atom is 0.251 e. The summed E-state index contributed by atoms with van der Waals surface area (Å²) in [5.74, 6) is -0.718. The lowest BCUT2D eigenvalue weighted by Crippen LogP contribution is -2.38. The predicted molar refractivity (Wildman–Crippen MR) is 95.9 cm³/mol. The molecule has 2 rings (SSSR count). The van der Waals surface area contributed by atoms with Gasteiger partial charge in [0.05, 0.1) is 12.6 Å². The molecule has 0 aromatic heterocycles. The summed E-state index contributed by atoms with van der Waals surface area (Å²) in [6, 6.07) is 13.5. The van der Waals surface area contributed by atoms with Gasteiger partial charge in [0.2, 0.25) is 5.91 Å². The molecule has 3 N–H and O–H groups in total. The van der Waals surface area contributed by atoms with Crippen LogP contribution in [0.2, 0.25) is 5.02 Å².